The smallest absolute Gasteiger partial charge is 0.275 e. The number of amides is 1. The Morgan fingerprint density at radius 2 is 1.83 bits per heavy atom. The van der Waals surface area contributed by atoms with Crippen molar-refractivity contribution in [3.8, 4) is 10.8 Å². The van der Waals surface area contributed by atoms with E-state index in [2.05, 4.69) is 36.2 Å². The van der Waals surface area contributed by atoms with E-state index in [1.54, 1.807) is 18.5 Å². The molecule has 0 atom stereocenters. The van der Waals surface area contributed by atoms with E-state index in [4.69, 9.17) is 0 Å². The highest BCUT2D eigenvalue weighted by atomic mass is 79.9. The summed E-state index contributed by atoms with van der Waals surface area (Å²) < 4.78 is 27.7. The van der Waals surface area contributed by atoms with Crippen LogP contribution in [0.2, 0.25) is 0 Å². The lowest BCUT2D eigenvalue weighted by atomic mass is 10.3. The molecule has 3 aromatic rings. The third-order valence-corrected chi connectivity index (χ3v) is 4.04. The van der Waals surface area contributed by atoms with Gasteiger partial charge in [0.25, 0.3) is 5.91 Å². The molecular weight excluding hydrogens is 390 g/mol. The second kappa shape index (κ2) is 6.47. The molecule has 0 aliphatic heterocycles. The van der Waals surface area contributed by atoms with E-state index in [0.29, 0.717) is 10.8 Å². The van der Waals surface area contributed by atoms with Crippen LogP contribution < -0.4 is 5.32 Å². The van der Waals surface area contributed by atoms with Crippen molar-refractivity contribution >= 4 is 38.9 Å². The lowest BCUT2D eigenvalue weighted by Gasteiger charge is -2.06. The Hall–Kier alpha value is -2.26. The molecule has 2 heterocycles. The summed E-state index contributed by atoms with van der Waals surface area (Å²) in [5, 5.41) is 4.09. The van der Waals surface area contributed by atoms with E-state index in [-0.39, 0.29) is 10.2 Å². The maximum absolute atomic E-state index is 13.7. The van der Waals surface area contributed by atoms with Crippen LogP contribution in [-0.2, 0) is 0 Å². The summed E-state index contributed by atoms with van der Waals surface area (Å²) in [6.07, 6.45) is 3.10. The molecule has 5 nitrogen and oxygen atoms in total. The lowest BCUT2D eigenvalue weighted by molar-refractivity contribution is 0.102. The second-order valence-electron chi connectivity index (χ2n) is 4.31. The van der Waals surface area contributed by atoms with Gasteiger partial charge in [-0.25, -0.2) is 23.7 Å². The zero-order valence-corrected chi connectivity index (χ0v) is 13.7. The molecule has 1 aromatic carbocycles. The van der Waals surface area contributed by atoms with Crippen molar-refractivity contribution in [3.63, 3.8) is 0 Å². The molecule has 0 unspecified atom stereocenters. The number of aromatic nitrogens is 3. The van der Waals surface area contributed by atoms with Crippen LogP contribution in [-0.4, -0.2) is 20.9 Å². The third kappa shape index (κ3) is 3.40. The van der Waals surface area contributed by atoms with Gasteiger partial charge in [0.05, 0.1) is 0 Å². The number of hydrogen-bond donors (Lipinski definition) is 1. The maximum Gasteiger partial charge on any atom is 0.275 e. The quantitative estimate of drug-likeness (QED) is 0.728. The van der Waals surface area contributed by atoms with Gasteiger partial charge in [-0.3, -0.25) is 4.79 Å². The minimum absolute atomic E-state index is 0.0270. The molecule has 116 valence electrons. The summed E-state index contributed by atoms with van der Waals surface area (Å²) in [7, 11) is 0. The normalized spacial score (nSPS) is 10.6. The van der Waals surface area contributed by atoms with E-state index in [0.717, 1.165) is 23.5 Å². The predicted molar refractivity (Wildman–Crippen MR) is 85.2 cm³/mol. The van der Waals surface area contributed by atoms with E-state index in [9.17, 15) is 13.6 Å². The molecule has 0 fully saturated rings. The summed E-state index contributed by atoms with van der Waals surface area (Å²) in [6.45, 7) is 0. The molecule has 9 heteroatoms. The Labute approximate surface area is 141 Å². The van der Waals surface area contributed by atoms with Crippen LogP contribution in [0.5, 0.6) is 0 Å². The van der Waals surface area contributed by atoms with E-state index in [1.165, 1.54) is 5.38 Å². The maximum atomic E-state index is 13.7. The molecule has 0 saturated carbocycles. The first-order valence-electron chi connectivity index (χ1n) is 6.23. The summed E-state index contributed by atoms with van der Waals surface area (Å²) in [4.78, 5) is 24.2. The first-order valence-corrected chi connectivity index (χ1v) is 7.90. The fraction of sp³-hybridized carbons (Fsp3) is 0. The zero-order valence-electron chi connectivity index (χ0n) is 11.3. The lowest BCUT2D eigenvalue weighted by Crippen LogP contribution is -2.14. The van der Waals surface area contributed by atoms with Crippen molar-refractivity contribution in [2.24, 2.45) is 0 Å². The van der Waals surface area contributed by atoms with Crippen LogP contribution in [0.25, 0.3) is 10.8 Å². The van der Waals surface area contributed by atoms with Gasteiger partial charge in [-0.2, -0.15) is 0 Å². The molecule has 0 bridgehead atoms. The number of carbonyl (C=O) groups is 1. The fourth-order valence-corrected chi connectivity index (χ4v) is 2.88. The second-order valence-corrected chi connectivity index (χ2v) is 6.08. The molecule has 0 aliphatic carbocycles. The van der Waals surface area contributed by atoms with Gasteiger partial charge in [0.15, 0.2) is 22.5 Å². The summed E-state index contributed by atoms with van der Waals surface area (Å²) in [6, 6.07) is 3.77. The van der Waals surface area contributed by atoms with Gasteiger partial charge in [0.1, 0.15) is 11.4 Å². The number of hydrogen-bond acceptors (Lipinski definition) is 5. The molecular formula is C14H7BrF2N4OS. The Kier molecular flexibility index (Phi) is 4.39. The molecule has 0 radical (unpaired) electrons. The SMILES string of the molecule is O=C(Nc1c(F)cc(Br)cc1F)c1csc(-c2ncccn2)n1. The number of rotatable bonds is 3. The van der Waals surface area contributed by atoms with Gasteiger partial charge in [-0.15, -0.1) is 11.3 Å². The highest BCUT2D eigenvalue weighted by molar-refractivity contribution is 9.10. The van der Waals surface area contributed by atoms with Gasteiger partial charge >= 0.3 is 0 Å². The summed E-state index contributed by atoms with van der Waals surface area (Å²) in [5.41, 5.74) is -0.497. The number of halogens is 3. The highest BCUT2D eigenvalue weighted by Crippen LogP contribution is 2.25. The summed E-state index contributed by atoms with van der Waals surface area (Å²) >= 11 is 4.13. The van der Waals surface area contributed by atoms with Crippen LogP contribution in [0.3, 0.4) is 0 Å². The van der Waals surface area contributed by atoms with Crippen molar-refractivity contribution in [2.45, 2.75) is 0 Å². The standard InChI is InChI=1S/C14H7BrF2N4OS/c15-7-4-8(16)11(9(17)5-7)21-13(22)10-6-23-14(20-10)12-18-2-1-3-19-12/h1-6H,(H,21,22). The van der Waals surface area contributed by atoms with Crippen LogP contribution in [0.4, 0.5) is 14.5 Å². The molecule has 0 spiro atoms. The number of benzene rings is 1. The van der Waals surface area contributed by atoms with Crippen molar-refractivity contribution in [1.29, 1.82) is 0 Å². The molecule has 1 amide bonds. The van der Waals surface area contributed by atoms with Gasteiger partial charge in [-0.1, -0.05) is 15.9 Å². The van der Waals surface area contributed by atoms with Gasteiger partial charge in [0, 0.05) is 22.2 Å². The van der Waals surface area contributed by atoms with Gasteiger partial charge in [-0.05, 0) is 18.2 Å². The summed E-state index contributed by atoms with van der Waals surface area (Å²) in [5.74, 6) is -2.11. The van der Waals surface area contributed by atoms with E-state index < -0.39 is 23.2 Å². The minimum Gasteiger partial charge on any atom is -0.316 e. The topological polar surface area (TPSA) is 67.8 Å². The minimum atomic E-state index is -0.882. The predicted octanol–water partition coefficient (Wildman–Crippen LogP) is 3.89. The first kappa shape index (κ1) is 15.6. The Balaban J connectivity index is 1.84. The molecule has 2 aromatic heterocycles. The molecule has 0 aliphatic rings. The molecule has 0 saturated heterocycles. The number of nitrogens with zero attached hydrogens (tertiary/aromatic N) is 3. The third-order valence-electron chi connectivity index (χ3n) is 2.74. The molecule has 1 N–H and O–H groups in total. The highest BCUT2D eigenvalue weighted by Gasteiger charge is 2.18. The Bertz CT molecular complexity index is 849. The van der Waals surface area contributed by atoms with Gasteiger partial charge in [0.2, 0.25) is 0 Å². The van der Waals surface area contributed by atoms with Crippen LogP contribution in [0.15, 0.2) is 40.4 Å². The zero-order chi connectivity index (χ0) is 16.4. The fourth-order valence-electron chi connectivity index (χ4n) is 1.73. The van der Waals surface area contributed by atoms with Crippen molar-refractivity contribution in [1.82, 2.24) is 15.0 Å². The Morgan fingerprint density at radius 1 is 1.17 bits per heavy atom. The number of thiazole rings is 1. The number of nitrogens with one attached hydrogen (secondary N) is 1. The Morgan fingerprint density at radius 3 is 2.48 bits per heavy atom. The van der Waals surface area contributed by atoms with Crippen molar-refractivity contribution < 1.29 is 13.6 Å². The molecule has 3 rings (SSSR count). The average molecular weight is 397 g/mol. The van der Waals surface area contributed by atoms with Crippen LogP contribution in [0.1, 0.15) is 10.5 Å². The van der Waals surface area contributed by atoms with Crippen molar-refractivity contribution in [3.05, 3.63) is 57.8 Å². The van der Waals surface area contributed by atoms with Crippen LogP contribution in [0, 0.1) is 11.6 Å². The van der Waals surface area contributed by atoms with E-state index >= 15 is 0 Å². The number of carbonyl (C=O) groups excluding carboxylic acids is 1. The largest absolute Gasteiger partial charge is 0.316 e. The molecule has 23 heavy (non-hydrogen) atoms. The number of anilines is 1. The van der Waals surface area contributed by atoms with Crippen molar-refractivity contribution in [2.75, 3.05) is 5.32 Å². The first-order chi connectivity index (χ1) is 11.0. The monoisotopic (exact) mass is 396 g/mol. The average Bonchev–Trinajstić information content (AvgIpc) is 3.01. The van der Waals surface area contributed by atoms with Crippen LogP contribution >= 0.6 is 27.3 Å². The van der Waals surface area contributed by atoms with E-state index in [1.807, 2.05) is 0 Å². The van der Waals surface area contributed by atoms with Gasteiger partial charge < -0.3 is 5.32 Å².